The molecule has 2 nitrogen and oxygen atoms in total. The van der Waals surface area contributed by atoms with E-state index in [1.165, 1.54) is 5.56 Å². The molecule has 0 unspecified atom stereocenters. The number of methoxy groups -OCH3 is 1. The van der Waals surface area contributed by atoms with Crippen molar-refractivity contribution < 1.29 is 4.74 Å². The molecule has 0 saturated heterocycles. The minimum Gasteiger partial charge on any atom is -0.495 e. The smallest absolute Gasteiger partial charge is 0.137 e. The molecule has 1 heterocycles. The van der Waals surface area contributed by atoms with Crippen LogP contribution in [0.15, 0.2) is 30.5 Å². The Hall–Kier alpha value is -1.09. The zero-order valence-corrected chi connectivity index (χ0v) is 9.41. The van der Waals surface area contributed by atoms with Crippen LogP contribution in [0.2, 0.25) is 0 Å². The fourth-order valence-electron chi connectivity index (χ4n) is 1.36. The lowest BCUT2D eigenvalue weighted by Gasteiger charge is -2.02. The van der Waals surface area contributed by atoms with E-state index in [9.17, 15) is 0 Å². The summed E-state index contributed by atoms with van der Waals surface area (Å²) in [5.41, 5.74) is 2.24. The summed E-state index contributed by atoms with van der Waals surface area (Å²) in [4.78, 5) is 4.29. The van der Waals surface area contributed by atoms with Crippen LogP contribution in [0.25, 0.3) is 10.9 Å². The molecule has 14 heavy (non-hydrogen) atoms. The van der Waals surface area contributed by atoms with Crippen molar-refractivity contribution in [2.75, 3.05) is 7.11 Å². The van der Waals surface area contributed by atoms with Crippen molar-refractivity contribution in [2.24, 2.45) is 0 Å². The van der Waals surface area contributed by atoms with Gasteiger partial charge in [0.15, 0.2) is 0 Å². The predicted octanol–water partition coefficient (Wildman–Crippen LogP) is 3.14. The molecule has 0 aliphatic heterocycles. The summed E-state index contributed by atoms with van der Waals surface area (Å²) in [7, 11) is 1.65. The summed E-state index contributed by atoms with van der Waals surface area (Å²) >= 11 is 3.43. The average molecular weight is 252 g/mol. The molecular weight excluding hydrogens is 242 g/mol. The van der Waals surface area contributed by atoms with E-state index in [1.54, 1.807) is 13.3 Å². The minimum absolute atomic E-state index is 0.796. The number of rotatable bonds is 2. The van der Waals surface area contributed by atoms with E-state index in [1.807, 2.05) is 12.1 Å². The molecule has 0 saturated carbocycles. The minimum atomic E-state index is 0.796. The molecule has 0 aliphatic rings. The quantitative estimate of drug-likeness (QED) is 0.766. The normalized spacial score (nSPS) is 10.4. The van der Waals surface area contributed by atoms with Gasteiger partial charge in [-0.15, -0.1) is 0 Å². The Morgan fingerprint density at radius 2 is 2.21 bits per heavy atom. The van der Waals surface area contributed by atoms with Gasteiger partial charge in [-0.2, -0.15) is 0 Å². The highest BCUT2D eigenvalue weighted by Gasteiger charge is 1.98. The van der Waals surface area contributed by atoms with Crippen LogP contribution in [0.1, 0.15) is 5.56 Å². The Morgan fingerprint density at radius 1 is 1.36 bits per heavy atom. The lowest BCUT2D eigenvalue weighted by atomic mass is 10.1. The van der Waals surface area contributed by atoms with Crippen LogP contribution in [-0.4, -0.2) is 12.1 Å². The first kappa shape index (κ1) is 9.46. The molecule has 72 valence electrons. The number of benzene rings is 1. The molecule has 2 rings (SSSR count). The van der Waals surface area contributed by atoms with Crippen LogP contribution in [0, 0.1) is 0 Å². The van der Waals surface area contributed by atoms with Crippen molar-refractivity contribution in [3.05, 3.63) is 36.0 Å². The van der Waals surface area contributed by atoms with Crippen molar-refractivity contribution in [3.8, 4) is 5.75 Å². The van der Waals surface area contributed by atoms with E-state index >= 15 is 0 Å². The van der Waals surface area contributed by atoms with Gasteiger partial charge in [0.25, 0.3) is 0 Å². The molecule has 3 heteroatoms. The maximum Gasteiger partial charge on any atom is 0.137 e. The Morgan fingerprint density at radius 3 is 2.93 bits per heavy atom. The number of ether oxygens (including phenoxy) is 1. The number of fused-ring (bicyclic) bond motifs is 1. The maximum absolute atomic E-state index is 5.12. The van der Waals surface area contributed by atoms with Gasteiger partial charge >= 0.3 is 0 Å². The van der Waals surface area contributed by atoms with Crippen molar-refractivity contribution in [1.29, 1.82) is 0 Å². The van der Waals surface area contributed by atoms with Crippen LogP contribution in [-0.2, 0) is 5.33 Å². The van der Waals surface area contributed by atoms with Crippen molar-refractivity contribution in [1.82, 2.24) is 4.98 Å². The zero-order valence-electron chi connectivity index (χ0n) is 7.83. The topological polar surface area (TPSA) is 22.1 Å². The van der Waals surface area contributed by atoms with Gasteiger partial charge in [0.05, 0.1) is 18.8 Å². The number of aromatic nitrogens is 1. The lowest BCUT2D eigenvalue weighted by Crippen LogP contribution is -1.86. The van der Waals surface area contributed by atoms with Gasteiger partial charge in [-0.05, 0) is 23.8 Å². The van der Waals surface area contributed by atoms with Gasteiger partial charge in [-0.3, -0.25) is 4.98 Å². The van der Waals surface area contributed by atoms with E-state index in [0.717, 1.165) is 22.0 Å². The van der Waals surface area contributed by atoms with Crippen LogP contribution in [0.5, 0.6) is 5.75 Å². The van der Waals surface area contributed by atoms with Gasteiger partial charge in [0, 0.05) is 10.7 Å². The largest absolute Gasteiger partial charge is 0.495 e. The highest BCUT2D eigenvalue weighted by Crippen LogP contribution is 2.20. The van der Waals surface area contributed by atoms with E-state index in [-0.39, 0.29) is 0 Å². The number of hydrogen-bond acceptors (Lipinski definition) is 2. The van der Waals surface area contributed by atoms with E-state index < -0.39 is 0 Å². The first-order valence-electron chi connectivity index (χ1n) is 4.32. The molecule has 0 spiro atoms. The van der Waals surface area contributed by atoms with Crippen molar-refractivity contribution >= 4 is 26.8 Å². The van der Waals surface area contributed by atoms with Crippen LogP contribution in [0.4, 0.5) is 0 Å². The number of pyridine rings is 1. The number of halogens is 1. The molecule has 0 N–H and O–H groups in total. The molecule has 0 radical (unpaired) electrons. The van der Waals surface area contributed by atoms with Gasteiger partial charge in [-0.25, -0.2) is 0 Å². The predicted molar refractivity (Wildman–Crippen MR) is 60.9 cm³/mol. The summed E-state index contributed by atoms with van der Waals surface area (Å²) in [5, 5.41) is 1.97. The molecule has 2 aromatic rings. The van der Waals surface area contributed by atoms with E-state index in [0.29, 0.717) is 0 Å². The number of nitrogens with zero attached hydrogens (tertiary/aromatic N) is 1. The summed E-state index contributed by atoms with van der Waals surface area (Å²) in [6.07, 6.45) is 1.73. The van der Waals surface area contributed by atoms with Gasteiger partial charge in [-0.1, -0.05) is 22.0 Å². The first-order valence-corrected chi connectivity index (χ1v) is 5.44. The van der Waals surface area contributed by atoms with E-state index in [2.05, 4.69) is 33.0 Å². The van der Waals surface area contributed by atoms with Crippen LogP contribution in [0.3, 0.4) is 0 Å². The standard InChI is InChI=1S/C11H10BrNO/c1-14-10-5-9-4-8(6-12)2-3-11(9)13-7-10/h2-5,7H,6H2,1H3. The number of hydrogen-bond donors (Lipinski definition) is 0. The SMILES string of the molecule is COc1cnc2ccc(CBr)cc2c1. The maximum atomic E-state index is 5.12. The Kier molecular flexibility index (Phi) is 2.68. The van der Waals surface area contributed by atoms with Gasteiger partial charge in [0.2, 0.25) is 0 Å². The van der Waals surface area contributed by atoms with E-state index in [4.69, 9.17) is 4.74 Å². The summed E-state index contributed by atoms with van der Waals surface area (Å²) in [6, 6.07) is 8.19. The monoisotopic (exact) mass is 251 g/mol. The van der Waals surface area contributed by atoms with Crippen molar-refractivity contribution in [2.45, 2.75) is 5.33 Å². The molecule has 1 aromatic heterocycles. The zero-order chi connectivity index (χ0) is 9.97. The first-order chi connectivity index (χ1) is 6.83. The highest BCUT2D eigenvalue weighted by molar-refractivity contribution is 9.08. The second-order valence-electron chi connectivity index (χ2n) is 3.04. The lowest BCUT2D eigenvalue weighted by molar-refractivity contribution is 0.414. The Balaban J connectivity index is 2.60. The fourth-order valence-corrected chi connectivity index (χ4v) is 1.70. The average Bonchev–Trinajstić information content (AvgIpc) is 2.27. The van der Waals surface area contributed by atoms with Gasteiger partial charge < -0.3 is 4.74 Å². The molecule has 0 bridgehead atoms. The Labute approximate surface area is 91.0 Å². The summed E-state index contributed by atoms with van der Waals surface area (Å²) in [5.74, 6) is 0.796. The third-order valence-corrected chi connectivity index (χ3v) is 2.76. The fraction of sp³-hybridized carbons (Fsp3) is 0.182. The summed E-state index contributed by atoms with van der Waals surface area (Å²) in [6.45, 7) is 0. The van der Waals surface area contributed by atoms with Gasteiger partial charge in [0.1, 0.15) is 5.75 Å². The molecule has 0 atom stereocenters. The molecular formula is C11H10BrNO. The summed E-state index contributed by atoms with van der Waals surface area (Å²) < 4.78 is 5.12. The number of alkyl halides is 1. The van der Waals surface area contributed by atoms with Crippen molar-refractivity contribution in [3.63, 3.8) is 0 Å². The van der Waals surface area contributed by atoms with Crippen LogP contribution < -0.4 is 4.74 Å². The highest BCUT2D eigenvalue weighted by atomic mass is 79.9. The molecule has 0 aliphatic carbocycles. The second-order valence-corrected chi connectivity index (χ2v) is 3.60. The third-order valence-electron chi connectivity index (χ3n) is 2.11. The Bertz CT molecular complexity index is 417. The third kappa shape index (κ3) is 1.73. The van der Waals surface area contributed by atoms with Crippen LogP contribution >= 0.6 is 15.9 Å². The molecule has 1 aromatic carbocycles. The molecule has 0 amide bonds. The second kappa shape index (κ2) is 3.96. The molecule has 0 fully saturated rings.